The zero-order valence-corrected chi connectivity index (χ0v) is 14.4. The summed E-state index contributed by atoms with van der Waals surface area (Å²) in [5, 5.41) is 5.19. The lowest BCUT2D eigenvalue weighted by atomic mass is 10.1. The van der Waals surface area contributed by atoms with Crippen molar-refractivity contribution in [3.05, 3.63) is 59.7 Å². The van der Waals surface area contributed by atoms with E-state index in [1.165, 1.54) is 5.56 Å². The zero-order chi connectivity index (χ0) is 18.1. The Hall–Kier alpha value is -3.02. The van der Waals surface area contributed by atoms with Gasteiger partial charge in [-0.25, -0.2) is 9.59 Å². The van der Waals surface area contributed by atoms with Crippen LogP contribution in [0, 0.1) is 0 Å². The van der Waals surface area contributed by atoms with Gasteiger partial charge in [0.1, 0.15) is 0 Å². The molecule has 6 heteroatoms. The van der Waals surface area contributed by atoms with E-state index in [9.17, 15) is 9.59 Å². The van der Waals surface area contributed by atoms with Crippen molar-refractivity contribution in [2.45, 2.75) is 26.7 Å². The van der Waals surface area contributed by atoms with Gasteiger partial charge >= 0.3 is 12.2 Å². The van der Waals surface area contributed by atoms with E-state index in [0.717, 1.165) is 18.4 Å². The molecule has 0 aliphatic heterocycles. The first-order valence-electron chi connectivity index (χ1n) is 8.16. The van der Waals surface area contributed by atoms with Gasteiger partial charge in [-0.15, -0.1) is 0 Å². The lowest BCUT2D eigenvalue weighted by molar-refractivity contribution is 0.0369. The number of para-hydroxylation sites is 1. The van der Waals surface area contributed by atoms with Crippen LogP contribution in [-0.2, 0) is 22.3 Å². The molecule has 132 valence electrons. The van der Waals surface area contributed by atoms with Crippen molar-refractivity contribution in [3.63, 3.8) is 0 Å². The fraction of sp³-hybridized carbons (Fsp3) is 0.263. The molecule has 6 nitrogen and oxygen atoms in total. The van der Waals surface area contributed by atoms with Crippen LogP contribution in [0.5, 0.6) is 0 Å². The van der Waals surface area contributed by atoms with Crippen LogP contribution in [0.1, 0.15) is 25.0 Å². The third kappa shape index (κ3) is 5.84. The zero-order valence-electron chi connectivity index (χ0n) is 14.4. The second-order valence-corrected chi connectivity index (χ2v) is 5.29. The van der Waals surface area contributed by atoms with E-state index in [1.54, 1.807) is 18.2 Å². The third-order valence-electron chi connectivity index (χ3n) is 3.62. The van der Waals surface area contributed by atoms with Gasteiger partial charge in [0.2, 0.25) is 6.79 Å². The Bertz CT molecular complexity index is 714. The van der Waals surface area contributed by atoms with Gasteiger partial charge in [0.05, 0.1) is 0 Å². The fourth-order valence-corrected chi connectivity index (χ4v) is 2.21. The maximum absolute atomic E-state index is 11.7. The molecular weight excluding hydrogens is 320 g/mol. The molecule has 0 heterocycles. The molecule has 2 aromatic carbocycles. The van der Waals surface area contributed by atoms with Crippen LogP contribution >= 0.6 is 0 Å². The van der Waals surface area contributed by atoms with Crippen LogP contribution in [0.25, 0.3) is 0 Å². The number of ether oxygens (including phenoxy) is 2. The molecule has 0 saturated carbocycles. The highest BCUT2D eigenvalue weighted by Gasteiger charge is 2.08. The summed E-state index contributed by atoms with van der Waals surface area (Å²) in [6, 6.07) is 14.8. The van der Waals surface area contributed by atoms with Crippen molar-refractivity contribution in [3.8, 4) is 0 Å². The first kappa shape index (κ1) is 18.3. The molecule has 0 bridgehead atoms. The van der Waals surface area contributed by atoms with Crippen LogP contribution in [0.15, 0.2) is 48.5 Å². The highest BCUT2D eigenvalue weighted by molar-refractivity contribution is 5.86. The van der Waals surface area contributed by atoms with Crippen LogP contribution in [0.4, 0.5) is 21.0 Å². The third-order valence-corrected chi connectivity index (χ3v) is 3.62. The largest absolute Gasteiger partial charge is 0.414 e. The lowest BCUT2D eigenvalue weighted by Crippen LogP contribution is -2.20. The average molecular weight is 342 g/mol. The van der Waals surface area contributed by atoms with Crippen LogP contribution in [0.2, 0.25) is 0 Å². The molecule has 0 unspecified atom stereocenters. The predicted molar refractivity (Wildman–Crippen MR) is 96.7 cm³/mol. The van der Waals surface area contributed by atoms with E-state index >= 15 is 0 Å². The average Bonchev–Trinajstić information content (AvgIpc) is 2.62. The fourth-order valence-electron chi connectivity index (χ4n) is 2.21. The van der Waals surface area contributed by atoms with Crippen molar-refractivity contribution in [2.24, 2.45) is 0 Å². The lowest BCUT2D eigenvalue weighted by Gasteiger charge is -2.11. The molecule has 0 radical (unpaired) electrons. The number of carbonyl (C=O) groups is 2. The number of carbonyl (C=O) groups excluding carboxylic acids is 2. The highest BCUT2D eigenvalue weighted by Crippen LogP contribution is 2.15. The van der Waals surface area contributed by atoms with Crippen LogP contribution in [0.3, 0.4) is 0 Å². The Labute approximate surface area is 147 Å². The van der Waals surface area contributed by atoms with Crippen LogP contribution < -0.4 is 10.6 Å². The van der Waals surface area contributed by atoms with Gasteiger partial charge in [-0.1, -0.05) is 44.2 Å². The summed E-state index contributed by atoms with van der Waals surface area (Å²) < 4.78 is 9.69. The normalized spacial score (nSPS) is 10.0. The molecule has 0 aliphatic rings. The highest BCUT2D eigenvalue weighted by atomic mass is 16.7. The number of nitrogens with one attached hydrogen (secondary N) is 2. The molecule has 2 aromatic rings. The second-order valence-electron chi connectivity index (χ2n) is 5.29. The smallest absolute Gasteiger partial charge is 0.411 e. The van der Waals surface area contributed by atoms with Gasteiger partial charge in [0, 0.05) is 11.4 Å². The first-order chi connectivity index (χ1) is 12.1. The van der Waals surface area contributed by atoms with E-state index in [0.29, 0.717) is 11.4 Å². The van der Waals surface area contributed by atoms with Gasteiger partial charge in [-0.3, -0.25) is 10.6 Å². The van der Waals surface area contributed by atoms with Gasteiger partial charge in [0.15, 0.2) is 0 Å². The Morgan fingerprint density at radius 1 is 0.840 bits per heavy atom. The molecule has 0 aromatic heterocycles. The molecule has 0 aliphatic carbocycles. The topological polar surface area (TPSA) is 76.7 Å². The van der Waals surface area contributed by atoms with E-state index in [-0.39, 0.29) is 0 Å². The molecule has 0 spiro atoms. The Balaban J connectivity index is 1.73. The van der Waals surface area contributed by atoms with Crippen molar-refractivity contribution >= 4 is 23.6 Å². The summed E-state index contributed by atoms with van der Waals surface area (Å²) >= 11 is 0. The van der Waals surface area contributed by atoms with Gasteiger partial charge in [-0.05, 0) is 42.2 Å². The van der Waals surface area contributed by atoms with E-state index in [4.69, 9.17) is 9.47 Å². The minimum atomic E-state index is -0.689. The van der Waals surface area contributed by atoms with E-state index in [2.05, 4.69) is 17.6 Å². The molecule has 2 rings (SSSR count). The first-order valence-corrected chi connectivity index (χ1v) is 8.16. The maximum Gasteiger partial charge on any atom is 0.414 e. The van der Waals surface area contributed by atoms with Gasteiger partial charge in [-0.2, -0.15) is 0 Å². The number of anilines is 2. The Kier molecular flexibility index (Phi) is 6.83. The minimum absolute atomic E-state index is 0.473. The van der Waals surface area contributed by atoms with E-state index < -0.39 is 19.0 Å². The van der Waals surface area contributed by atoms with Crippen molar-refractivity contribution in [2.75, 3.05) is 17.4 Å². The minimum Gasteiger partial charge on any atom is -0.411 e. The summed E-state index contributed by atoms with van der Waals surface area (Å²) in [5.41, 5.74) is 3.46. The molecular formula is C19H22N2O4. The van der Waals surface area contributed by atoms with Gasteiger partial charge < -0.3 is 9.47 Å². The molecule has 2 N–H and O–H groups in total. The Morgan fingerprint density at radius 3 is 2.12 bits per heavy atom. The number of hydrogen-bond donors (Lipinski definition) is 2. The molecule has 0 fully saturated rings. The van der Waals surface area contributed by atoms with Crippen molar-refractivity contribution in [1.82, 2.24) is 0 Å². The number of benzene rings is 2. The van der Waals surface area contributed by atoms with Crippen molar-refractivity contribution in [1.29, 1.82) is 0 Å². The number of rotatable bonds is 6. The monoisotopic (exact) mass is 342 g/mol. The number of amides is 2. The standard InChI is InChI=1S/C19H22N2O4/c1-3-14-9-11-16(12-10-14)20-18(22)24-13-25-19(23)21-17-8-6-5-7-15(17)4-2/h5-12H,3-4,13H2,1-2H3,(H,20,22)(H,21,23). The SMILES string of the molecule is CCc1ccc(NC(=O)OCOC(=O)Nc2ccccc2CC)cc1. The molecule has 0 atom stereocenters. The van der Waals surface area contributed by atoms with Crippen molar-refractivity contribution < 1.29 is 19.1 Å². The number of hydrogen-bond acceptors (Lipinski definition) is 4. The van der Waals surface area contributed by atoms with Gasteiger partial charge in [0.25, 0.3) is 0 Å². The predicted octanol–water partition coefficient (Wildman–Crippen LogP) is 4.57. The van der Waals surface area contributed by atoms with Crippen LogP contribution in [-0.4, -0.2) is 19.0 Å². The molecule has 0 saturated heterocycles. The maximum atomic E-state index is 11.7. The van der Waals surface area contributed by atoms with E-state index in [1.807, 2.05) is 37.3 Å². The summed E-state index contributed by atoms with van der Waals surface area (Å²) in [4.78, 5) is 23.4. The summed E-state index contributed by atoms with van der Waals surface area (Å²) in [7, 11) is 0. The molecule has 2 amide bonds. The summed E-state index contributed by atoms with van der Waals surface area (Å²) in [5.74, 6) is 0. The summed E-state index contributed by atoms with van der Waals surface area (Å²) in [6.45, 7) is 3.57. The second kappa shape index (κ2) is 9.32. The quantitative estimate of drug-likeness (QED) is 0.754. The summed E-state index contributed by atoms with van der Waals surface area (Å²) in [6.07, 6.45) is 0.341. The Morgan fingerprint density at radius 2 is 1.48 bits per heavy atom. The molecule has 25 heavy (non-hydrogen) atoms. The number of aryl methyl sites for hydroxylation is 2.